The van der Waals surface area contributed by atoms with Crippen molar-refractivity contribution in [2.75, 3.05) is 0 Å². The molecule has 0 amide bonds. The highest BCUT2D eigenvalue weighted by Gasteiger charge is 2.00. The third kappa shape index (κ3) is 2.48. The van der Waals surface area contributed by atoms with Gasteiger partial charge in [0.2, 0.25) is 0 Å². The van der Waals surface area contributed by atoms with Crippen LogP contribution < -0.4 is 0 Å². The van der Waals surface area contributed by atoms with Gasteiger partial charge < -0.3 is 4.42 Å². The van der Waals surface area contributed by atoms with Gasteiger partial charge in [-0.15, -0.1) is 0 Å². The smallest absolute Gasteiger partial charge is 0.185 e. The second kappa shape index (κ2) is 4.62. The third-order valence-electron chi connectivity index (χ3n) is 2.28. The molecule has 16 heavy (non-hydrogen) atoms. The summed E-state index contributed by atoms with van der Waals surface area (Å²) in [5, 5.41) is 0. The largest absolute Gasteiger partial charge is 0.465 e. The van der Waals surface area contributed by atoms with Crippen molar-refractivity contribution in [2.45, 2.75) is 6.92 Å². The fraction of sp³-hybridized carbons (Fsp3) is 0.0714. The number of hydrogen-bond donors (Lipinski definition) is 0. The monoisotopic (exact) mass is 212 g/mol. The van der Waals surface area contributed by atoms with Gasteiger partial charge in [-0.25, -0.2) is 0 Å². The Morgan fingerprint density at radius 1 is 1.19 bits per heavy atom. The molecule has 80 valence electrons. The van der Waals surface area contributed by atoms with Gasteiger partial charge in [-0.05, 0) is 31.2 Å². The number of carbonyl (C=O) groups excluding carboxylic acids is 1. The van der Waals surface area contributed by atoms with E-state index in [0.29, 0.717) is 11.3 Å². The average Bonchev–Trinajstić information content (AvgIpc) is 2.80. The highest BCUT2D eigenvalue weighted by atomic mass is 16.3. The van der Waals surface area contributed by atoms with E-state index in [-0.39, 0.29) is 5.78 Å². The van der Waals surface area contributed by atoms with Gasteiger partial charge in [-0.1, -0.05) is 29.8 Å². The lowest BCUT2D eigenvalue weighted by atomic mass is 10.1. The second-order valence-electron chi connectivity index (χ2n) is 3.58. The molecule has 0 bridgehead atoms. The molecule has 0 spiro atoms. The van der Waals surface area contributed by atoms with Crippen molar-refractivity contribution < 1.29 is 9.21 Å². The first kappa shape index (κ1) is 10.4. The predicted octanol–water partition coefficient (Wildman–Crippen LogP) is 3.48. The Hall–Kier alpha value is -2.09. The van der Waals surface area contributed by atoms with Gasteiger partial charge in [0, 0.05) is 5.56 Å². The molecule has 2 aromatic rings. The minimum Gasteiger partial charge on any atom is -0.465 e. The predicted molar refractivity (Wildman–Crippen MR) is 63.3 cm³/mol. The number of furan rings is 1. The summed E-state index contributed by atoms with van der Waals surface area (Å²) in [6, 6.07) is 11.1. The molecule has 1 heterocycles. The Kier molecular flexibility index (Phi) is 3.01. The van der Waals surface area contributed by atoms with Gasteiger partial charge in [-0.3, -0.25) is 4.79 Å². The summed E-state index contributed by atoms with van der Waals surface area (Å²) in [5.74, 6) is 0.664. The van der Waals surface area contributed by atoms with Gasteiger partial charge in [0.05, 0.1) is 6.26 Å². The number of ketones is 1. The molecule has 2 rings (SSSR count). The highest BCUT2D eigenvalue weighted by Crippen LogP contribution is 2.07. The minimum absolute atomic E-state index is 0.0172. The SMILES string of the molecule is Cc1ccc(C(=O)/C=C/c2ccco2)cc1. The lowest BCUT2D eigenvalue weighted by molar-refractivity contribution is 0.104. The van der Waals surface area contributed by atoms with Gasteiger partial charge in [-0.2, -0.15) is 0 Å². The first-order valence-corrected chi connectivity index (χ1v) is 5.08. The molecule has 0 aliphatic carbocycles. The first-order valence-electron chi connectivity index (χ1n) is 5.08. The Morgan fingerprint density at radius 2 is 1.94 bits per heavy atom. The van der Waals surface area contributed by atoms with E-state index in [1.165, 1.54) is 6.08 Å². The van der Waals surface area contributed by atoms with Crippen LogP contribution in [-0.2, 0) is 0 Å². The van der Waals surface area contributed by atoms with Crippen LogP contribution in [0.5, 0.6) is 0 Å². The molecule has 0 unspecified atom stereocenters. The Balaban J connectivity index is 2.11. The Labute approximate surface area is 94.2 Å². The van der Waals surface area contributed by atoms with Crippen LogP contribution in [0.2, 0.25) is 0 Å². The van der Waals surface area contributed by atoms with Crippen LogP contribution in [0, 0.1) is 6.92 Å². The molecule has 0 radical (unpaired) electrons. The molecule has 0 N–H and O–H groups in total. The van der Waals surface area contributed by atoms with E-state index in [4.69, 9.17) is 4.42 Å². The second-order valence-corrected chi connectivity index (χ2v) is 3.58. The molecule has 2 nitrogen and oxygen atoms in total. The van der Waals surface area contributed by atoms with E-state index in [1.807, 2.05) is 31.2 Å². The standard InChI is InChI=1S/C14H12O2/c1-11-4-6-12(7-5-11)14(15)9-8-13-3-2-10-16-13/h2-10H,1H3/b9-8+. The number of rotatable bonds is 3. The summed E-state index contributed by atoms with van der Waals surface area (Å²) in [4.78, 5) is 11.7. The van der Waals surface area contributed by atoms with E-state index in [1.54, 1.807) is 24.5 Å². The summed E-state index contributed by atoms with van der Waals surface area (Å²) in [5.41, 5.74) is 1.83. The van der Waals surface area contributed by atoms with Gasteiger partial charge in [0.15, 0.2) is 5.78 Å². The number of allylic oxidation sites excluding steroid dienone is 1. The molecule has 0 atom stereocenters. The lowest BCUT2D eigenvalue weighted by Gasteiger charge is -1.95. The topological polar surface area (TPSA) is 30.2 Å². The highest BCUT2D eigenvalue weighted by molar-refractivity contribution is 6.06. The number of carbonyl (C=O) groups is 1. The zero-order valence-corrected chi connectivity index (χ0v) is 9.01. The average molecular weight is 212 g/mol. The van der Waals surface area contributed by atoms with Gasteiger partial charge in [0.1, 0.15) is 5.76 Å². The lowest BCUT2D eigenvalue weighted by Crippen LogP contribution is -1.93. The van der Waals surface area contributed by atoms with Crippen molar-refractivity contribution in [2.24, 2.45) is 0 Å². The Bertz CT molecular complexity index is 490. The fourth-order valence-electron chi connectivity index (χ4n) is 1.36. The van der Waals surface area contributed by atoms with Gasteiger partial charge >= 0.3 is 0 Å². The molecule has 0 fully saturated rings. The molecular formula is C14H12O2. The maximum Gasteiger partial charge on any atom is 0.185 e. The summed E-state index contributed by atoms with van der Waals surface area (Å²) in [7, 11) is 0. The molecular weight excluding hydrogens is 200 g/mol. The maximum atomic E-state index is 11.7. The van der Waals surface area contributed by atoms with Gasteiger partial charge in [0.25, 0.3) is 0 Å². The summed E-state index contributed by atoms with van der Waals surface area (Å²) in [6.07, 6.45) is 4.77. The van der Waals surface area contributed by atoms with Crippen LogP contribution in [0.25, 0.3) is 6.08 Å². The van der Waals surface area contributed by atoms with E-state index in [2.05, 4.69) is 0 Å². The zero-order chi connectivity index (χ0) is 11.4. The van der Waals surface area contributed by atoms with E-state index in [0.717, 1.165) is 5.56 Å². The quantitative estimate of drug-likeness (QED) is 0.576. The third-order valence-corrected chi connectivity index (χ3v) is 2.28. The van der Waals surface area contributed by atoms with Crippen molar-refractivity contribution in [1.29, 1.82) is 0 Å². The number of benzene rings is 1. The molecule has 0 saturated carbocycles. The van der Waals surface area contributed by atoms with Crippen molar-refractivity contribution in [1.82, 2.24) is 0 Å². The minimum atomic E-state index is -0.0172. The molecule has 0 saturated heterocycles. The molecule has 0 aliphatic heterocycles. The van der Waals surface area contributed by atoms with Crippen molar-refractivity contribution in [3.63, 3.8) is 0 Å². The molecule has 1 aromatic heterocycles. The first-order chi connectivity index (χ1) is 7.75. The summed E-state index contributed by atoms with van der Waals surface area (Å²) in [6.45, 7) is 1.99. The van der Waals surface area contributed by atoms with Crippen molar-refractivity contribution >= 4 is 11.9 Å². The number of hydrogen-bond acceptors (Lipinski definition) is 2. The van der Waals surface area contributed by atoms with Crippen molar-refractivity contribution in [3.05, 3.63) is 65.6 Å². The number of aryl methyl sites for hydroxylation is 1. The summed E-state index contributed by atoms with van der Waals surface area (Å²) < 4.78 is 5.10. The van der Waals surface area contributed by atoms with E-state index < -0.39 is 0 Å². The zero-order valence-electron chi connectivity index (χ0n) is 9.01. The van der Waals surface area contributed by atoms with Crippen molar-refractivity contribution in [3.8, 4) is 0 Å². The van der Waals surface area contributed by atoms with Crippen LogP contribution in [0.4, 0.5) is 0 Å². The van der Waals surface area contributed by atoms with Crippen LogP contribution in [0.1, 0.15) is 21.7 Å². The van der Waals surface area contributed by atoms with Crippen LogP contribution in [0.3, 0.4) is 0 Å². The fourth-order valence-corrected chi connectivity index (χ4v) is 1.36. The molecule has 0 aliphatic rings. The van der Waals surface area contributed by atoms with Crippen LogP contribution in [0.15, 0.2) is 53.2 Å². The maximum absolute atomic E-state index is 11.7. The van der Waals surface area contributed by atoms with Crippen LogP contribution in [-0.4, -0.2) is 5.78 Å². The molecule has 1 aromatic carbocycles. The normalized spacial score (nSPS) is 10.8. The summed E-state index contributed by atoms with van der Waals surface area (Å²) >= 11 is 0. The Morgan fingerprint density at radius 3 is 2.56 bits per heavy atom. The van der Waals surface area contributed by atoms with E-state index >= 15 is 0 Å². The van der Waals surface area contributed by atoms with Crippen LogP contribution >= 0.6 is 0 Å². The van der Waals surface area contributed by atoms with E-state index in [9.17, 15) is 4.79 Å². The molecule has 2 heteroatoms.